The standard InChI is InChI=1S/C29H44N2O4/c1-7-29(8-2,22-12-14-25(21(4)19-22)35-18-16-28(5,6)33)26-15-13-24(31(26)9-3)27(32)30-20-23-11-10-17-34-23/h12-15,19,23,33H,7-11,16-18,20H2,1-6H3,(H,30,32). The molecule has 2 heterocycles. The summed E-state index contributed by atoms with van der Waals surface area (Å²) in [6.07, 6.45) is 4.61. The van der Waals surface area contributed by atoms with Gasteiger partial charge in [-0.3, -0.25) is 4.79 Å². The molecule has 1 aliphatic heterocycles. The van der Waals surface area contributed by atoms with E-state index in [2.05, 4.69) is 55.8 Å². The summed E-state index contributed by atoms with van der Waals surface area (Å²) >= 11 is 0. The van der Waals surface area contributed by atoms with Crippen LogP contribution in [0.5, 0.6) is 5.75 Å². The van der Waals surface area contributed by atoms with Gasteiger partial charge in [-0.15, -0.1) is 0 Å². The van der Waals surface area contributed by atoms with E-state index in [0.717, 1.165) is 50.1 Å². The number of rotatable bonds is 12. The number of benzene rings is 1. The lowest BCUT2D eigenvalue weighted by Crippen LogP contribution is -2.34. The maximum absolute atomic E-state index is 13.1. The summed E-state index contributed by atoms with van der Waals surface area (Å²) in [6.45, 7) is 14.7. The largest absolute Gasteiger partial charge is 0.493 e. The van der Waals surface area contributed by atoms with Crippen LogP contribution in [0.1, 0.15) is 94.0 Å². The Balaban J connectivity index is 1.86. The van der Waals surface area contributed by atoms with Crippen LogP contribution in [0.2, 0.25) is 0 Å². The molecule has 2 aromatic rings. The van der Waals surface area contributed by atoms with Crippen LogP contribution in [-0.4, -0.2) is 47.0 Å². The first-order valence-corrected chi connectivity index (χ1v) is 13.2. The van der Waals surface area contributed by atoms with Gasteiger partial charge in [0, 0.05) is 37.2 Å². The Labute approximate surface area is 211 Å². The van der Waals surface area contributed by atoms with Crippen LogP contribution < -0.4 is 10.1 Å². The molecule has 1 aromatic heterocycles. The normalized spacial score (nSPS) is 16.5. The second kappa shape index (κ2) is 11.6. The molecule has 6 nitrogen and oxygen atoms in total. The highest BCUT2D eigenvalue weighted by atomic mass is 16.5. The monoisotopic (exact) mass is 484 g/mol. The molecule has 1 aromatic carbocycles. The summed E-state index contributed by atoms with van der Waals surface area (Å²) in [4.78, 5) is 13.1. The van der Waals surface area contributed by atoms with Gasteiger partial charge in [0.05, 0.1) is 18.3 Å². The molecule has 0 bridgehead atoms. The molecule has 1 unspecified atom stereocenters. The van der Waals surface area contributed by atoms with Crippen LogP contribution >= 0.6 is 0 Å². The number of aliphatic hydroxyl groups is 1. The van der Waals surface area contributed by atoms with Crippen LogP contribution in [0, 0.1) is 6.92 Å². The van der Waals surface area contributed by atoms with Gasteiger partial charge in [0.15, 0.2) is 0 Å². The lowest BCUT2D eigenvalue weighted by Gasteiger charge is -2.34. The fraction of sp³-hybridized carbons (Fsp3) is 0.621. The minimum atomic E-state index is -0.743. The third-order valence-corrected chi connectivity index (χ3v) is 7.44. The van der Waals surface area contributed by atoms with Crippen molar-refractivity contribution in [3.8, 4) is 5.75 Å². The van der Waals surface area contributed by atoms with Gasteiger partial charge in [-0.1, -0.05) is 26.0 Å². The van der Waals surface area contributed by atoms with Crippen molar-refractivity contribution in [2.45, 2.75) is 97.3 Å². The number of nitrogens with zero attached hydrogens (tertiary/aromatic N) is 1. The summed E-state index contributed by atoms with van der Waals surface area (Å²) in [7, 11) is 0. The van der Waals surface area contributed by atoms with Crippen LogP contribution in [0.15, 0.2) is 30.3 Å². The number of hydrogen-bond acceptors (Lipinski definition) is 4. The lowest BCUT2D eigenvalue weighted by atomic mass is 9.72. The Kier molecular flexibility index (Phi) is 9.05. The van der Waals surface area contributed by atoms with E-state index in [-0.39, 0.29) is 17.4 Å². The number of carbonyl (C=O) groups is 1. The molecule has 194 valence electrons. The second-order valence-corrected chi connectivity index (χ2v) is 10.4. The van der Waals surface area contributed by atoms with Gasteiger partial charge in [0.1, 0.15) is 11.4 Å². The summed E-state index contributed by atoms with van der Waals surface area (Å²) in [5.41, 5.74) is 3.23. The van der Waals surface area contributed by atoms with Crippen LogP contribution in [0.25, 0.3) is 0 Å². The highest BCUT2D eigenvalue weighted by molar-refractivity contribution is 5.93. The molecular weight excluding hydrogens is 440 g/mol. The molecule has 2 N–H and O–H groups in total. The van der Waals surface area contributed by atoms with Crippen molar-refractivity contribution < 1.29 is 19.4 Å². The van der Waals surface area contributed by atoms with E-state index in [1.807, 2.05) is 12.1 Å². The zero-order valence-corrected chi connectivity index (χ0v) is 22.4. The van der Waals surface area contributed by atoms with Gasteiger partial charge in [-0.05, 0) is 82.7 Å². The van der Waals surface area contributed by atoms with Crippen molar-refractivity contribution in [2.24, 2.45) is 0 Å². The third-order valence-electron chi connectivity index (χ3n) is 7.44. The molecule has 0 aliphatic carbocycles. The molecule has 1 atom stereocenters. The fourth-order valence-corrected chi connectivity index (χ4v) is 5.21. The van der Waals surface area contributed by atoms with Crippen molar-refractivity contribution >= 4 is 5.91 Å². The maximum atomic E-state index is 13.1. The molecule has 0 spiro atoms. The quantitative estimate of drug-likeness (QED) is 0.425. The number of amides is 1. The molecule has 3 rings (SSSR count). The maximum Gasteiger partial charge on any atom is 0.268 e. The van der Waals surface area contributed by atoms with Crippen molar-refractivity contribution in [3.63, 3.8) is 0 Å². The molecule has 35 heavy (non-hydrogen) atoms. The van der Waals surface area contributed by atoms with Gasteiger partial charge in [0.25, 0.3) is 5.91 Å². The summed E-state index contributed by atoms with van der Waals surface area (Å²) in [6, 6.07) is 10.5. The van der Waals surface area contributed by atoms with E-state index < -0.39 is 5.60 Å². The van der Waals surface area contributed by atoms with Crippen LogP contribution in [-0.2, 0) is 16.7 Å². The molecule has 1 amide bonds. The van der Waals surface area contributed by atoms with Gasteiger partial charge in [0.2, 0.25) is 0 Å². The van der Waals surface area contributed by atoms with E-state index >= 15 is 0 Å². The highest BCUT2D eigenvalue weighted by Gasteiger charge is 2.35. The van der Waals surface area contributed by atoms with E-state index in [1.165, 1.54) is 11.3 Å². The van der Waals surface area contributed by atoms with E-state index in [0.29, 0.717) is 25.3 Å². The van der Waals surface area contributed by atoms with Crippen LogP contribution in [0.4, 0.5) is 0 Å². The van der Waals surface area contributed by atoms with E-state index in [1.54, 1.807) is 13.8 Å². The molecule has 6 heteroatoms. The Hall–Kier alpha value is -2.31. The predicted octanol–water partition coefficient (Wildman–Crippen LogP) is 5.37. The SMILES string of the molecule is CCn1c(C(=O)NCC2CCCO2)ccc1C(CC)(CC)c1ccc(OCCC(C)(C)O)c(C)c1. The summed E-state index contributed by atoms with van der Waals surface area (Å²) < 4.78 is 13.8. The second-order valence-electron chi connectivity index (χ2n) is 10.4. The van der Waals surface area contributed by atoms with Gasteiger partial charge in [-0.25, -0.2) is 0 Å². The Morgan fingerprint density at radius 3 is 2.51 bits per heavy atom. The zero-order chi connectivity index (χ0) is 25.6. The average Bonchev–Trinajstić information content (AvgIpc) is 3.49. The smallest absolute Gasteiger partial charge is 0.268 e. The number of ether oxygens (including phenoxy) is 2. The van der Waals surface area contributed by atoms with Gasteiger partial charge >= 0.3 is 0 Å². The third kappa shape index (κ3) is 6.28. The molecule has 0 radical (unpaired) electrons. The molecule has 1 fully saturated rings. The number of aromatic nitrogens is 1. The van der Waals surface area contributed by atoms with Crippen molar-refractivity contribution in [3.05, 3.63) is 52.8 Å². The number of aryl methyl sites for hydroxylation is 1. The topological polar surface area (TPSA) is 72.7 Å². The first kappa shape index (κ1) is 27.3. The Morgan fingerprint density at radius 1 is 1.20 bits per heavy atom. The molecular formula is C29H44N2O4. The number of nitrogens with one attached hydrogen (secondary N) is 1. The van der Waals surface area contributed by atoms with Gasteiger partial charge < -0.3 is 24.5 Å². The van der Waals surface area contributed by atoms with E-state index in [9.17, 15) is 9.90 Å². The van der Waals surface area contributed by atoms with Crippen molar-refractivity contribution in [1.29, 1.82) is 0 Å². The minimum Gasteiger partial charge on any atom is -0.493 e. The zero-order valence-electron chi connectivity index (χ0n) is 22.4. The average molecular weight is 485 g/mol. The Morgan fingerprint density at radius 2 is 1.94 bits per heavy atom. The number of hydrogen-bond donors (Lipinski definition) is 2. The molecule has 0 saturated carbocycles. The first-order valence-electron chi connectivity index (χ1n) is 13.2. The van der Waals surface area contributed by atoms with Crippen LogP contribution in [0.3, 0.4) is 0 Å². The van der Waals surface area contributed by atoms with Gasteiger partial charge in [-0.2, -0.15) is 0 Å². The van der Waals surface area contributed by atoms with Crippen molar-refractivity contribution in [2.75, 3.05) is 19.8 Å². The molecule has 1 aliphatic rings. The summed E-state index contributed by atoms with van der Waals surface area (Å²) in [5, 5.41) is 13.1. The Bertz CT molecular complexity index is 979. The predicted molar refractivity (Wildman–Crippen MR) is 140 cm³/mol. The summed E-state index contributed by atoms with van der Waals surface area (Å²) in [5.74, 6) is 0.806. The lowest BCUT2D eigenvalue weighted by molar-refractivity contribution is 0.0552. The van der Waals surface area contributed by atoms with E-state index in [4.69, 9.17) is 9.47 Å². The molecule has 1 saturated heterocycles. The highest BCUT2D eigenvalue weighted by Crippen LogP contribution is 2.41. The van der Waals surface area contributed by atoms with Crippen molar-refractivity contribution in [1.82, 2.24) is 9.88 Å². The first-order chi connectivity index (χ1) is 16.6. The minimum absolute atomic E-state index is 0.0403. The fourth-order valence-electron chi connectivity index (χ4n) is 5.21. The number of carbonyl (C=O) groups excluding carboxylic acids is 1.